The lowest BCUT2D eigenvalue weighted by Gasteiger charge is -2.53. The molecule has 0 aromatic heterocycles. The molecular weight excluding hydrogens is 645 g/mol. The zero-order chi connectivity index (χ0) is 30.9. The third-order valence-corrected chi connectivity index (χ3v) is 9.28. The molecule has 2 heterocycles. The van der Waals surface area contributed by atoms with Crippen molar-refractivity contribution < 1.29 is 33.9 Å². The summed E-state index contributed by atoms with van der Waals surface area (Å²) in [5, 5.41) is 24.4. The number of carbonyl (C=O) groups excluding carboxylic acids is 2. The molecule has 2 fully saturated rings. The number of β-lactam (4-membered cyclic amide) rings is 1. The van der Waals surface area contributed by atoms with E-state index in [0.717, 1.165) is 0 Å². The lowest BCUT2D eigenvalue weighted by Crippen LogP contribution is -2.74. The fourth-order valence-electron chi connectivity index (χ4n) is 4.67. The molecule has 43 heavy (non-hydrogen) atoms. The van der Waals surface area contributed by atoms with Crippen LogP contribution in [0.1, 0.15) is 5.56 Å². The lowest BCUT2D eigenvalue weighted by atomic mass is 9.88. The van der Waals surface area contributed by atoms with Gasteiger partial charge < -0.3 is 24.8 Å². The molecule has 3 atom stereocenters. The van der Waals surface area contributed by atoms with Gasteiger partial charge >= 0.3 is 5.97 Å². The molecule has 0 aliphatic carbocycles. The molecule has 2 N–H and O–H groups in total. The number of ether oxygens (including phenoxy) is 2. The number of nitrogens with one attached hydrogen (secondary N) is 1. The van der Waals surface area contributed by atoms with E-state index in [1.165, 1.54) is 47.0 Å². The van der Waals surface area contributed by atoms with Crippen LogP contribution >= 0.6 is 46.6 Å². The first-order valence-electron chi connectivity index (χ1n) is 12.7. The molecule has 2 unspecified atom stereocenters. The molecule has 2 amide bonds. The fourth-order valence-corrected chi connectivity index (χ4v) is 6.80. The number of amides is 2. The molecule has 0 saturated carbocycles. The Hall–Kier alpha value is -3.71. The van der Waals surface area contributed by atoms with E-state index in [-0.39, 0.29) is 47.5 Å². The van der Waals surface area contributed by atoms with Crippen LogP contribution in [0.3, 0.4) is 0 Å². The summed E-state index contributed by atoms with van der Waals surface area (Å²) in [6.07, 6.45) is -0.152. The summed E-state index contributed by atoms with van der Waals surface area (Å²) in [4.78, 5) is 50.0. The number of non-ortho nitro benzene ring substituents is 1. The van der Waals surface area contributed by atoms with Gasteiger partial charge in [0.25, 0.3) is 5.69 Å². The van der Waals surface area contributed by atoms with Crippen LogP contribution in [0.5, 0.6) is 17.2 Å². The number of carbonyl (C=O) groups is 3. The number of nitrogens with zero attached hydrogens (tertiary/aromatic N) is 2. The Morgan fingerprint density at radius 1 is 1.07 bits per heavy atom. The Morgan fingerprint density at radius 2 is 1.79 bits per heavy atom. The number of hydrogen-bond donors (Lipinski definition) is 2. The number of halogens is 3. The van der Waals surface area contributed by atoms with Gasteiger partial charge in [0.2, 0.25) is 11.8 Å². The van der Waals surface area contributed by atoms with E-state index in [9.17, 15) is 29.6 Å². The average Bonchev–Trinajstić information content (AvgIpc) is 2.97. The molecule has 2 aliphatic rings. The molecule has 15 heteroatoms. The molecule has 0 spiro atoms. The Kier molecular flexibility index (Phi) is 8.93. The molecular formula is C28H22Cl3N3O8S. The summed E-state index contributed by atoms with van der Waals surface area (Å²) in [7, 11) is 0. The fraction of sp³-hybridized carbons (Fsp3) is 0.250. The highest BCUT2D eigenvalue weighted by atomic mass is 35.5. The first-order valence-corrected chi connectivity index (χ1v) is 14.9. The number of aliphatic carboxylic acids is 1. The van der Waals surface area contributed by atoms with Crippen LogP contribution in [0.4, 0.5) is 5.69 Å². The topological polar surface area (TPSA) is 148 Å². The van der Waals surface area contributed by atoms with Crippen molar-refractivity contribution in [3.05, 3.63) is 91.4 Å². The smallest absolute Gasteiger partial charge is 0.315 e. The largest absolute Gasteiger partial charge is 0.488 e. The van der Waals surface area contributed by atoms with Gasteiger partial charge in [0.15, 0.2) is 11.5 Å². The van der Waals surface area contributed by atoms with E-state index in [1.54, 1.807) is 30.3 Å². The minimum Gasteiger partial charge on any atom is -0.488 e. The number of hydrogen-bond acceptors (Lipinski definition) is 8. The summed E-state index contributed by atoms with van der Waals surface area (Å²) in [6.45, 7) is -0.448. The molecule has 3 aromatic carbocycles. The van der Waals surface area contributed by atoms with Crippen LogP contribution in [-0.4, -0.2) is 63.0 Å². The number of nitro benzene ring substituents is 1. The van der Waals surface area contributed by atoms with Crippen molar-refractivity contribution in [2.75, 3.05) is 18.9 Å². The maximum Gasteiger partial charge on any atom is 0.315 e. The standard InChI is InChI=1S/C28H22Cl3N3O8S/c29-16-4-6-20(19(31)10-16)42-21-7-5-17(30)11-22(21)41-13-28(27(37)38)12-33-25(36)24(26(33)43-14-28)32-23(35)9-15-2-1-3-18(8-15)34(39)40/h1-8,10-11,24,26H,9,12-14H2,(H,32,35)(H,37,38)/t24?,26-,28?/m1/s1. The van der Waals surface area contributed by atoms with Gasteiger partial charge in [-0.3, -0.25) is 24.5 Å². The summed E-state index contributed by atoms with van der Waals surface area (Å²) in [6, 6.07) is 14.1. The van der Waals surface area contributed by atoms with Crippen molar-refractivity contribution in [2.24, 2.45) is 5.41 Å². The van der Waals surface area contributed by atoms with E-state index in [2.05, 4.69) is 5.32 Å². The Morgan fingerprint density at radius 3 is 2.49 bits per heavy atom. The van der Waals surface area contributed by atoms with E-state index in [4.69, 9.17) is 44.3 Å². The molecule has 11 nitrogen and oxygen atoms in total. The molecule has 2 aliphatic heterocycles. The Labute approximate surface area is 264 Å². The van der Waals surface area contributed by atoms with Gasteiger partial charge in [0.1, 0.15) is 29.2 Å². The molecule has 3 aromatic rings. The van der Waals surface area contributed by atoms with Crippen LogP contribution in [-0.2, 0) is 20.8 Å². The van der Waals surface area contributed by atoms with E-state index >= 15 is 0 Å². The van der Waals surface area contributed by atoms with Gasteiger partial charge in [0, 0.05) is 40.5 Å². The van der Waals surface area contributed by atoms with Gasteiger partial charge in [-0.05, 0) is 35.9 Å². The highest BCUT2D eigenvalue weighted by molar-refractivity contribution is 8.00. The molecule has 0 bridgehead atoms. The van der Waals surface area contributed by atoms with Crippen LogP contribution in [0.2, 0.25) is 15.1 Å². The minimum atomic E-state index is -1.47. The van der Waals surface area contributed by atoms with Gasteiger partial charge in [-0.15, -0.1) is 11.8 Å². The van der Waals surface area contributed by atoms with Crippen molar-refractivity contribution in [3.63, 3.8) is 0 Å². The number of thioether (sulfide) groups is 1. The summed E-state index contributed by atoms with van der Waals surface area (Å²) >= 11 is 19.6. The predicted molar refractivity (Wildman–Crippen MR) is 160 cm³/mol. The zero-order valence-electron chi connectivity index (χ0n) is 22.0. The first kappa shape index (κ1) is 30.7. The second-order valence-electron chi connectivity index (χ2n) is 9.96. The summed E-state index contributed by atoms with van der Waals surface area (Å²) in [5.41, 5.74) is -1.18. The van der Waals surface area contributed by atoms with Gasteiger partial charge in [-0.25, -0.2) is 0 Å². The lowest BCUT2D eigenvalue weighted by molar-refractivity contribution is -0.384. The second kappa shape index (κ2) is 12.5. The van der Waals surface area contributed by atoms with Crippen LogP contribution in [0.15, 0.2) is 60.7 Å². The van der Waals surface area contributed by atoms with Crippen LogP contribution < -0.4 is 14.8 Å². The monoisotopic (exact) mass is 665 g/mol. The number of carboxylic acids is 1. The highest BCUT2D eigenvalue weighted by Gasteiger charge is 2.58. The molecule has 0 radical (unpaired) electrons. The third-order valence-electron chi connectivity index (χ3n) is 6.92. The maximum absolute atomic E-state index is 13.0. The summed E-state index contributed by atoms with van der Waals surface area (Å²) in [5.74, 6) is -1.27. The first-order chi connectivity index (χ1) is 20.5. The number of nitro groups is 1. The number of rotatable bonds is 10. The van der Waals surface area contributed by atoms with Crippen molar-refractivity contribution in [1.82, 2.24) is 10.2 Å². The third kappa shape index (κ3) is 6.62. The molecule has 224 valence electrons. The average molecular weight is 667 g/mol. The Balaban J connectivity index is 1.24. The zero-order valence-corrected chi connectivity index (χ0v) is 25.1. The quantitative estimate of drug-likeness (QED) is 0.164. The maximum atomic E-state index is 13.0. The molecule has 2 saturated heterocycles. The Bertz CT molecular complexity index is 1630. The summed E-state index contributed by atoms with van der Waals surface area (Å²) < 4.78 is 11.9. The van der Waals surface area contributed by atoms with Gasteiger partial charge in [0.05, 0.1) is 16.4 Å². The van der Waals surface area contributed by atoms with Gasteiger partial charge in [-0.1, -0.05) is 46.9 Å². The van der Waals surface area contributed by atoms with Crippen molar-refractivity contribution in [1.29, 1.82) is 0 Å². The highest BCUT2D eigenvalue weighted by Crippen LogP contribution is 2.44. The second-order valence-corrected chi connectivity index (χ2v) is 12.3. The van der Waals surface area contributed by atoms with Crippen molar-refractivity contribution >= 4 is 70.0 Å². The van der Waals surface area contributed by atoms with Gasteiger partial charge in [-0.2, -0.15) is 0 Å². The minimum absolute atomic E-state index is 0.0911. The van der Waals surface area contributed by atoms with Crippen LogP contribution in [0.25, 0.3) is 0 Å². The van der Waals surface area contributed by atoms with E-state index in [1.807, 2.05) is 0 Å². The number of benzene rings is 3. The van der Waals surface area contributed by atoms with E-state index in [0.29, 0.717) is 21.4 Å². The number of fused-ring (bicyclic) bond motifs is 1. The van der Waals surface area contributed by atoms with Crippen molar-refractivity contribution in [2.45, 2.75) is 17.8 Å². The normalized spacial score (nSPS) is 20.9. The number of carboxylic acid groups (broad SMARTS) is 1. The van der Waals surface area contributed by atoms with E-state index < -0.39 is 39.5 Å². The van der Waals surface area contributed by atoms with Crippen LogP contribution in [0, 0.1) is 15.5 Å². The SMILES string of the molecule is O=C(Cc1cccc([N+](=O)[O-])c1)NC1C(=O)N2CC(COc3cc(Cl)ccc3Oc3ccc(Cl)cc3Cl)(C(=O)O)CS[C@H]12. The predicted octanol–water partition coefficient (Wildman–Crippen LogP) is 5.44. The van der Waals surface area contributed by atoms with Crippen molar-refractivity contribution in [3.8, 4) is 17.2 Å². The molecule has 5 rings (SSSR count).